The van der Waals surface area contributed by atoms with Crippen molar-refractivity contribution in [2.45, 2.75) is 19.9 Å². The van der Waals surface area contributed by atoms with Crippen LogP contribution in [0.5, 0.6) is 0 Å². The molecule has 1 amide bonds. The van der Waals surface area contributed by atoms with Crippen LogP contribution in [0.1, 0.15) is 17.0 Å². The number of hydrogen-bond acceptors (Lipinski definition) is 4. The van der Waals surface area contributed by atoms with E-state index in [2.05, 4.69) is 15.5 Å². The number of amides is 1. The molecule has 5 heteroatoms. The Morgan fingerprint density at radius 3 is 2.70 bits per heavy atom. The Kier molecular flexibility index (Phi) is 4.47. The zero-order valence-electron chi connectivity index (χ0n) is 12.8. The number of hydrogen-bond donors (Lipinski definition) is 1. The second kappa shape index (κ2) is 6.87. The van der Waals surface area contributed by atoms with Gasteiger partial charge >= 0.3 is 0 Å². The molecule has 0 unspecified atom stereocenters. The maximum absolute atomic E-state index is 12.0. The first-order chi connectivity index (χ1) is 11.2. The lowest BCUT2D eigenvalue weighted by Gasteiger charge is -2.03. The fourth-order valence-corrected chi connectivity index (χ4v) is 2.27. The van der Waals surface area contributed by atoms with Crippen molar-refractivity contribution in [3.63, 3.8) is 0 Å². The van der Waals surface area contributed by atoms with Crippen LogP contribution in [-0.2, 0) is 17.8 Å². The van der Waals surface area contributed by atoms with Crippen LogP contribution in [0, 0.1) is 6.92 Å². The summed E-state index contributed by atoms with van der Waals surface area (Å²) in [4.78, 5) is 12.0. The van der Waals surface area contributed by atoms with Gasteiger partial charge in [0.1, 0.15) is 0 Å². The molecule has 0 saturated heterocycles. The van der Waals surface area contributed by atoms with E-state index in [1.54, 1.807) is 0 Å². The highest BCUT2D eigenvalue weighted by molar-refractivity contribution is 5.78. The summed E-state index contributed by atoms with van der Waals surface area (Å²) in [7, 11) is 0. The first-order valence-corrected chi connectivity index (χ1v) is 7.41. The van der Waals surface area contributed by atoms with Gasteiger partial charge in [-0.15, -0.1) is 10.2 Å². The smallest absolute Gasteiger partial charge is 0.247 e. The van der Waals surface area contributed by atoms with Gasteiger partial charge in [-0.3, -0.25) is 4.79 Å². The molecule has 0 spiro atoms. The van der Waals surface area contributed by atoms with Crippen molar-refractivity contribution in [3.05, 3.63) is 71.6 Å². The summed E-state index contributed by atoms with van der Waals surface area (Å²) < 4.78 is 5.55. The Hall–Kier alpha value is -2.95. The Bertz CT molecular complexity index is 797. The van der Waals surface area contributed by atoms with Crippen molar-refractivity contribution in [3.8, 4) is 11.5 Å². The third-order valence-corrected chi connectivity index (χ3v) is 3.37. The van der Waals surface area contributed by atoms with Crippen LogP contribution < -0.4 is 5.32 Å². The van der Waals surface area contributed by atoms with Gasteiger partial charge in [0.25, 0.3) is 0 Å². The van der Waals surface area contributed by atoms with Gasteiger partial charge in [-0.05, 0) is 24.6 Å². The van der Waals surface area contributed by atoms with Crippen LogP contribution in [0.15, 0.2) is 59.0 Å². The third kappa shape index (κ3) is 4.03. The predicted molar refractivity (Wildman–Crippen MR) is 86.5 cm³/mol. The summed E-state index contributed by atoms with van der Waals surface area (Å²) in [6.07, 6.45) is 0.335. The van der Waals surface area contributed by atoms with Gasteiger partial charge in [-0.1, -0.05) is 48.0 Å². The van der Waals surface area contributed by atoms with Gasteiger partial charge in [0.15, 0.2) is 0 Å². The Morgan fingerprint density at radius 1 is 1.09 bits per heavy atom. The van der Waals surface area contributed by atoms with Crippen LogP contribution in [0.3, 0.4) is 0 Å². The average Bonchev–Trinajstić information content (AvgIpc) is 3.03. The summed E-state index contributed by atoms with van der Waals surface area (Å²) in [5, 5.41) is 10.7. The van der Waals surface area contributed by atoms with Crippen molar-refractivity contribution < 1.29 is 9.21 Å². The molecule has 23 heavy (non-hydrogen) atoms. The van der Waals surface area contributed by atoms with Crippen molar-refractivity contribution in [2.24, 2.45) is 0 Å². The molecule has 116 valence electrons. The van der Waals surface area contributed by atoms with Gasteiger partial charge < -0.3 is 9.73 Å². The number of benzene rings is 2. The molecule has 0 bridgehead atoms. The van der Waals surface area contributed by atoms with E-state index in [1.807, 2.05) is 61.5 Å². The van der Waals surface area contributed by atoms with Crippen LogP contribution >= 0.6 is 0 Å². The number of carbonyl (C=O) groups excluding carboxylic acids is 1. The normalized spacial score (nSPS) is 10.5. The van der Waals surface area contributed by atoms with E-state index in [1.165, 1.54) is 0 Å². The Labute approximate surface area is 134 Å². The molecular weight excluding hydrogens is 290 g/mol. The second-order valence-corrected chi connectivity index (χ2v) is 5.31. The molecule has 0 atom stereocenters. The summed E-state index contributed by atoms with van der Waals surface area (Å²) in [6, 6.07) is 17.4. The molecule has 0 aliphatic carbocycles. The molecule has 1 N–H and O–H groups in total. The lowest BCUT2D eigenvalue weighted by atomic mass is 10.1. The van der Waals surface area contributed by atoms with Gasteiger partial charge in [-0.2, -0.15) is 0 Å². The van der Waals surface area contributed by atoms with Crippen LogP contribution in [-0.4, -0.2) is 16.1 Å². The van der Waals surface area contributed by atoms with Gasteiger partial charge in [0.2, 0.25) is 17.7 Å². The average molecular weight is 307 g/mol. The molecule has 0 fully saturated rings. The van der Waals surface area contributed by atoms with Crippen molar-refractivity contribution in [1.82, 2.24) is 15.5 Å². The van der Waals surface area contributed by atoms with Gasteiger partial charge in [-0.25, -0.2) is 0 Å². The fraction of sp³-hybridized carbons (Fsp3) is 0.167. The Balaban J connectivity index is 1.56. The molecule has 0 saturated carbocycles. The van der Waals surface area contributed by atoms with Crippen molar-refractivity contribution >= 4 is 5.91 Å². The third-order valence-electron chi connectivity index (χ3n) is 3.37. The summed E-state index contributed by atoms with van der Waals surface area (Å²) in [6.45, 7) is 2.23. The van der Waals surface area contributed by atoms with E-state index in [0.717, 1.165) is 16.7 Å². The van der Waals surface area contributed by atoms with Crippen LogP contribution in [0.2, 0.25) is 0 Å². The highest BCUT2D eigenvalue weighted by Gasteiger charge is 2.09. The molecule has 3 rings (SSSR count). The number of nitrogens with one attached hydrogen (secondary N) is 1. The minimum absolute atomic E-state index is 0.0740. The van der Waals surface area contributed by atoms with Gasteiger partial charge in [0, 0.05) is 5.56 Å². The number of aryl methyl sites for hydroxylation is 1. The van der Waals surface area contributed by atoms with Gasteiger partial charge in [0.05, 0.1) is 13.0 Å². The van der Waals surface area contributed by atoms with E-state index in [0.29, 0.717) is 18.2 Å². The second-order valence-electron chi connectivity index (χ2n) is 5.31. The van der Waals surface area contributed by atoms with E-state index in [-0.39, 0.29) is 12.5 Å². The molecule has 0 radical (unpaired) electrons. The van der Waals surface area contributed by atoms with E-state index >= 15 is 0 Å². The largest absolute Gasteiger partial charge is 0.419 e. The maximum Gasteiger partial charge on any atom is 0.247 e. The van der Waals surface area contributed by atoms with E-state index in [4.69, 9.17) is 4.42 Å². The maximum atomic E-state index is 12.0. The number of rotatable bonds is 5. The molecule has 5 nitrogen and oxygen atoms in total. The molecule has 1 aromatic heterocycles. The van der Waals surface area contributed by atoms with E-state index in [9.17, 15) is 4.79 Å². The minimum atomic E-state index is -0.0740. The lowest BCUT2D eigenvalue weighted by Crippen LogP contribution is -2.24. The quantitative estimate of drug-likeness (QED) is 0.787. The van der Waals surface area contributed by atoms with Crippen LogP contribution in [0.25, 0.3) is 11.5 Å². The lowest BCUT2D eigenvalue weighted by molar-refractivity contribution is -0.120. The first-order valence-electron chi connectivity index (χ1n) is 7.41. The molecule has 1 heterocycles. The van der Waals surface area contributed by atoms with Crippen molar-refractivity contribution in [1.29, 1.82) is 0 Å². The predicted octanol–water partition coefficient (Wildman–Crippen LogP) is 2.90. The van der Waals surface area contributed by atoms with Crippen molar-refractivity contribution in [2.75, 3.05) is 0 Å². The zero-order valence-corrected chi connectivity index (χ0v) is 12.8. The Morgan fingerprint density at radius 2 is 1.91 bits per heavy atom. The number of aromatic nitrogens is 2. The SMILES string of the molecule is Cc1cccc(CC(=O)NCc2nnc(-c3ccccc3)o2)c1. The first kappa shape index (κ1) is 15.0. The molecule has 0 aliphatic rings. The molecule has 0 aliphatic heterocycles. The molecule has 3 aromatic rings. The fourth-order valence-electron chi connectivity index (χ4n) is 2.27. The minimum Gasteiger partial charge on any atom is -0.419 e. The number of nitrogens with zero attached hydrogens (tertiary/aromatic N) is 2. The number of carbonyl (C=O) groups is 1. The standard InChI is InChI=1S/C18H17N3O2/c1-13-6-5-7-14(10-13)11-16(22)19-12-17-20-21-18(23-17)15-8-3-2-4-9-15/h2-10H,11-12H2,1H3,(H,19,22). The summed E-state index contributed by atoms with van der Waals surface area (Å²) >= 11 is 0. The summed E-state index contributed by atoms with van der Waals surface area (Å²) in [5.41, 5.74) is 2.98. The zero-order chi connectivity index (χ0) is 16.1. The molecular formula is C18H17N3O2. The summed E-state index contributed by atoms with van der Waals surface area (Å²) in [5.74, 6) is 0.769. The van der Waals surface area contributed by atoms with Crippen LogP contribution in [0.4, 0.5) is 0 Å². The monoisotopic (exact) mass is 307 g/mol. The highest BCUT2D eigenvalue weighted by atomic mass is 16.4. The highest BCUT2D eigenvalue weighted by Crippen LogP contribution is 2.16. The topological polar surface area (TPSA) is 68.0 Å². The van der Waals surface area contributed by atoms with E-state index < -0.39 is 0 Å². The molecule has 2 aromatic carbocycles.